The summed E-state index contributed by atoms with van der Waals surface area (Å²) >= 11 is 0. The fraction of sp³-hybridized carbons (Fsp3) is 0.889. The monoisotopic (exact) mass is 187 g/mol. The molecule has 0 radical (unpaired) electrons. The standard InChI is InChI=1S/C9H17NO3/c10-9(12)6-13-8-3-1-7(5-11)2-4-8/h7-8,11H,1-6H2,(H2,10,12). The summed E-state index contributed by atoms with van der Waals surface area (Å²) in [5, 5.41) is 8.88. The van der Waals surface area contributed by atoms with E-state index in [0.717, 1.165) is 25.7 Å². The van der Waals surface area contributed by atoms with Crippen molar-refractivity contribution >= 4 is 5.91 Å². The molecule has 0 bridgehead atoms. The van der Waals surface area contributed by atoms with Crippen LogP contribution in [0.2, 0.25) is 0 Å². The summed E-state index contributed by atoms with van der Waals surface area (Å²) in [6.45, 7) is 0.289. The molecule has 0 heterocycles. The number of aliphatic hydroxyl groups is 1. The summed E-state index contributed by atoms with van der Waals surface area (Å²) in [7, 11) is 0. The first-order valence-electron chi connectivity index (χ1n) is 4.73. The quantitative estimate of drug-likeness (QED) is 0.652. The van der Waals surface area contributed by atoms with Gasteiger partial charge in [0.25, 0.3) is 0 Å². The minimum atomic E-state index is -0.413. The maximum Gasteiger partial charge on any atom is 0.243 e. The highest BCUT2D eigenvalue weighted by atomic mass is 16.5. The molecular formula is C9H17NO3. The van der Waals surface area contributed by atoms with Crippen molar-refractivity contribution in [3.63, 3.8) is 0 Å². The van der Waals surface area contributed by atoms with E-state index in [4.69, 9.17) is 15.6 Å². The Balaban J connectivity index is 2.14. The predicted octanol–water partition coefficient (Wildman–Crippen LogP) is 0.0394. The molecule has 0 spiro atoms. The third-order valence-corrected chi connectivity index (χ3v) is 2.51. The Morgan fingerprint density at radius 1 is 1.38 bits per heavy atom. The number of amides is 1. The van der Waals surface area contributed by atoms with E-state index in [1.165, 1.54) is 0 Å². The van der Waals surface area contributed by atoms with Crippen LogP contribution >= 0.6 is 0 Å². The molecule has 1 aliphatic rings. The fourth-order valence-electron chi connectivity index (χ4n) is 1.68. The minimum absolute atomic E-state index is 0.0223. The number of carbonyl (C=O) groups is 1. The maximum atomic E-state index is 10.4. The molecule has 76 valence electrons. The lowest BCUT2D eigenvalue weighted by atomic mass is 9.88. The van der Waals surface area contributed by atoms with Gasteiger partial charge in [-0.1, -0.05) is 0 Å². The number of ether oxygens (including phenoxy) is 1. The zero-order chi connectivity index (χ0) is 9.68. The van der Waals surface area contributed by atoms with Gasteiger partial charge in [0.2, 0.25) is 5.91 Å². The highest BCUT2D eigenvalue weighted by Crippen LogP contribution is 2.25. The summed E-state index contributed by atoms with van der Waals surface area (Å²) in [4.78, 5) is 10.4. The third kappa shape index (κ3) is 3.74. The van der Waals surface area contributed by atoms with Crippen molar-refractivity contribution in [1.82, 2.24) is 0 Å². The zero-order valence-electron chi connectivity index (χ0n) is 7.74. The molecule has 3 N–H and O–H groups in total. The molecule has 0 saturated heterocycles. The third-order valence-electron chi connectivity index (χ3n) is 2.51. The van der Waals surface area contributed by atoms with Crippen molar-refractivity contribution in [3.8, 4) is 0 Å². The number of primary amides is 1. The van der Waals surface area contributed by atoms with Crippen LogP contribution in [0, 0.1) is 5.92 Å². The van der Waals surface area contributed by atoms with Crippen LogP contribution in [0.4, 0.5) is 0 Å². The highest BCUT2D eigenvalue weighted by molar-refractivity contribution is 5.74. The van der Waals surface area contributed by atoms with Crippen LogP contribution in [0.3, 0.4) is 0 Å². The van der Waals surface area contributed by atoms with Crippen LogP contribution in [0.1, 0.15) is 25.7 Å². The number of hydrogen-bond acceptors (Lipinski definition) is 3. The Morgan fingerprint density at radius 2 is 2.00 bits per heavy atom. The van der Waals surface area contributed by atoms with Crippen molar-refractivity contribution in [3.05, 3.63) is 0 Å². The van der Waals surface area contributed by atoms with Gasteiger partial charge >= 0.3 is 0 Å². The Hall–Kier alpha value is -0.610. The Bertz CT molecular complexity index is 164. The van der Waals surface area contributed by atoms with Crippen LogP contribution in [-0.4, -0.2) is 30.3 Å². The van der Waals surface area contributed by atoms with E-state index in [9.17, 15) is 4.79 Å². The van der Waals surface area contributed by atoms with Gasteiger partial charge in [-0.2, -0.15) is 0 Å². The molecule has 0 unspecified atom stereocenters. The van der Waals surface area contributed by atoms with Crippen LogP contribution < -0.4 is 5.73 Å². The van der Waals surface area contributed by atoms with Gasteiger partial charge in [-0.3, -0.25) is 4.79 Å². The SMILES string of the molecule is NC(=O)COC1CCC(CO)CC1. The summed E-state index contributed by atoms with van der Waals surface area (Å²) in [5.41, 5.74) is 4.96. The molecule has 1 aliphatic carbocycles. The first-order chi connectivity index (χ1) is 6.22. The number of carbonyl (C=O) groups excluding carboxylic acids is 1. The highest BCUT2D eigenvalue weighted by Gasteiger charge is 2.21. The lowest BCUT2D eigenvalue weighted by molar-refractivity contribution is -0.125. The van der Waals surface area contributed by atoms with E-state index >= 15 is 0 Å². The van der Waals surface area contributed by atoms with E-state index in [-0.39, 0.29) is 19.3 Å². The van der Waals surface area contributed by atoms with E-state index < -0.39 is 5.91 Å². The van der Waals surface area contributed by atoms with Crippen LogP contribution in [0.15, 0.2) is 0 Å². The van der Waals surface area contributed by atoms with Crippen LogP contribution in [0.25, 0.3) is 0 Å². The number of hydrogen-bond donors (Lipinski definition) is 2. The average Bonchev–Trinajstić information content (AvgIpc) is 2.15. The van der Waals surface area contributed by atoms with Gasteiger partial charge in [0.15, 0.2) is 0 Å². The summed E-state index contributed by atoms with van der Waals surface area (Å²) < 4.78 is 5.28. The number of aliphatic hydroxyl groups excluding tert-OH is 1. The minimum Gasteiger partial charge on any atom is -0.396 e. The second kappa shape index (κ2) is 5.19. The average molecular weight is 187 g/mol. The molecule has 0 atom stereocenters. The fourth-order valence-corrected chi connectivity index (χ4v) is 1.68. The molecule has 1 fully saturated rings. The zero-order valence-corrected chi connectivity index (χ0v) is 7.74. The van der Waals surface area contributed by atoms with Crippen molar-refractivity contribution < 1.29 is 14.6 Å². The molecule has 0 aliphatic heterocycles. The van der Waals surface area contributed by atoms with Crippen molar-refractivity contribution in [2.24, 2.45) is 11.7 Å². The van der Waals surface area contributed by atoms with E-state index in [1.807, 2.05) is 0 Å². The van der Waals surface area contributed by atoms with Gasteiger partial charge in [-0.15, -0.1) is 0 Å². The molecule has 1 rings (SSSR count). The summed E-state index contributed by atoms with van der Waals surface area (Å²) in [6, 6.07) is 0. The van der Waals surface area contributed by atoms with Crippen molar-refractivity contribution in [1.29, 1.82) is 0 Å². The normalized spacial score (nSPS) is 28.7. The molecule has 0 aromatic carbocycles. The first kappa shape index (κ1) is 10.5. The predicted molar refractivity (Wildman–Crippen MR) is 48.0 cm³/mol. The van der Waals surface area contributed by atoms with Crippen LogP contribution in [-0.2, 0) is 9.53 Å². The van der Waals surface area contributed by atoms with E-state index in [1.54, 1.807) is 0 Å². The summed E-state index contributed by atoms with van der Waals surface area (Å²) in [5.74, 6) is 0.0118. The molecule has 0 aromatic heterocycles. The second-order valence-electron chi connectivity index (χ2n) is 3.60. The van der Waals surface area contributed by atoms with Gasteiger partial charge in [0, 0.05) is 6.61 Å². The summed E-state index contributed by atoms with van der Waals surface area (Å²) in [6.07, 6.45) is 3.99. The number of rotatable bonds is 4. The van der Waals surface area contributed by atoms with E-state index in [0.29, 0.717) is 5.92 Å². The topological polar surface area (TPSA) is 72.6 Å². The lowest BCUT2D eigenvalue weighted by Gasteiger charge is -2.26. The largest absolute Gasteiger partial charge is 0.396 e. The molecule has 0 aromatic rings. The molecule has 4 nitrogen and oxygen atoms in total. The lowest BCUT2D eigenvalue weighted by Crippen LogP contribution is -2.27. The molecular weight excluding hydrogens is 170 g/mol. The molecule has 1 saturated carbocycles. The first-order valence-corrected chi connectivity index (χ1v) is 4.73. The van der Waals surface area contributed by atoms with Gasteiger partial charge in [0.05, 0.1) is 6.10 Å². The smallest absolute Gasteiger partial charge is 0.243 e. The molecule has 13 heavy (non-hydrogen) atoms. The Morgan fingerprint density at radius 3 is 2.46 bits per heavy atom. The van der Waals surface area contributed by atoms with Crippen molar-refractivity contribution in [2.75, 3.05) is 13.2 Å². The molecule has 4 heteroatoms. The van der Waals surface area contributed by atoms with Gasteiger partial charge in [-0.25, -0.2) is 0 Å². The van der Waals surface area contributed by atoms with Gasteiger partial charge in [0.1, 0.15) is 6.61 Å². The van der Waals surface area contributed by atoms with Crippen molar-refractivity contribution in [2.45, 2.75) is 31.8 Å². The Labute approximate surface area is 78.1 Å². The molecule has 1 amide bonds. The van der Waals surface area contributed by atoms with Gasteiger partial charge in [-0.05, 0) is 31.6 Å². The van der Waals surface area contributed by atoms with Gasteiger partial charge < -0.3 is 15.6 Å². The second-order valence-corrected chi connectivity index (χ2v) is 3.60. The maximum absolute atomic E-state index is 10.4. The van der Waals surface area contributed by atoms with E-state index in [2.05, 4.69) is 0 Å². The van der Waals surface area contributed by atoms with Crippen LogP contribution in [0.5, 0.6) is 0 Å². The number of nitrogens with two attached hydrogens (primary N) is 1. The Kier molecular flexibility index (Phi) is 4.18.